The number of nitrogen functional groups attached to an aromatic ring is 1. The first-order chi connectivity index (χ1) is 15.1. The molecular weight excluding hydrogens is 392 g/mol. The predicted molar refractivity (Wildman–Crippen MR) is 120 cm³/mol. The molecule has 3 aromatic rings. The zero-order valence-electron chi connectivity index (χ0n) is 17.6. The molecule has 1 aromatic carbocycles. The fourth-order valence-corrected chi connectivity index (χ4v) is 4.43. The van der Waals surface area contributed by atoms with Crippen molar-refractivity contribution in [1.29, 1.82) is 0 Å². The Kier molecular flexibility index (Phi) is 4.94. The Morgan fingerprint density at radius 1 is 1.19 bits per heavy atom. The third kappa shape index (κ3) is 3.67. The van der Waals surface area contributed by atoms with E-state index < -0.39 is 0 Å². The standard InChI is InChI=1S/C23H26N6O2/c1-25-21(30)16-5-2-4-15(12-16)18-7-6-17-19(24)27-22(28-20(17)26-18)29-10-11-31-14-23(13-29)8-3-9-23/h2,4-7,12H,3,8-11,13-14H2,1H3,(H,25,30)(H2,24,26,27,28). The number of pyridine rings is 1. The number of ether oxygens (including phenoxy) is 1. The van der Waals surface area contributed by atoms with Crippen LogP contribution >= 0.6 is 0 Å². The van der Waals surface area contributed by atoms with Gasteiger partial charge in [-0.1, -0.05) is 18.6 Å². The maximum Gasteiger partial charge on any atom is 0.251 e. The van der Waals surface area contributed by atoms with E-state index in [4.69, 9.17) is 20.4 Å². The number of hydrogen-bond acceptors (Lipinski definition) is 7. The highest BCUT2D eigenvalue weighted by Crippen LogP contribution is 2.43. The zero-order valence-corrected chi connectivity index (χ0v) is 17.6. The van der Waals surface area contributed by atoms with Gasteiger partial charge in [-0.3, -0.25) is 4.79 Å². The second kappa shape index (κ2) is 7.77. The Morgan fingerprint density at radius 3 is 2.84 bits per heavy atom. The summed E-state index contributed by atoms with van der Waals surface area (Å²) in [6.45, 7) is 3.08. The number of amides is 1. The van der Waals surface area contributed by atoms with Gasteiger partial charge in [0, 0.05) is 36.7 Å². The van der Waals surface area contributed by atoms with Crippen molar-refractivity contribution in [2.24, 2.45) is 5.41 Å². The van der Waals surface area contributed by atoms with E-state index >= 15 is 0 Å². The largest absolute Gasteiger partial charge is 0.383 e. The third-order valence-electron chi connectivity index (χ3n) is 6.36. The molecule has 0 radical (unpaired) electrons. The molecule has 1 saturated heterocycles. The number of benzene rings is 1. The van der Waals surface area contributed by atoms with Crippen molar-refractivity contribution in [1.82, 2.24) is 20.3 Å². The molecular formula is C23H26N6O2. The van der Waals surface area contributed by atoms with Crippen LogP contribution in [-0.4, -0.2) is 54.2 Å². The van der Waals surface area contributed by atoms with Gasteiger partial charge in [0.15, 0.2) is 5.65 Å². The minimum atomic E-state index is -0.134. The molecule has 2 aliphatic rings. The quantitative estimate of drug-likeness (QED) is 0.673. The second-order valence-corrected chi connectivity index (χ2v) is 8.46. The average molecular weight is 419 g/mol. The highest BCUT2D eigenvalue weighted by atomic mass is 16.5. The summed E-state index contributed by atoms with van der Waals surface area (Å²) in [5, 5.41) is 3.37. The summed E-state index contributed by atoms with van der Waals surface area (Å²) in [4.78, 5) is 28.3. The monoisotopic (exact) mass is 418 g/mol. The van der Waals surface area contributed by atoms with E-state index in [1.165, 1.54) is 19.3 Å². The normalized spacial score (nSPS) is 17.9. The van der Waals surface area contributed by atoms with E-state index in [2.05, 4.69) is 15.2 Å². The summed E-state index contributed by atoms with van der Waals surface area (Å²) in [6, 6.07) is 11.2. The smallest absolute Gasteiger partial charge is 0.251 e. The Morgan fingerprint density at radius 2 is 2.06 bits per heavy atom. The third-order valence-corrected chi connectivity index (χ3v) is 6.36. The van der Waals surface area contributed by atoms with Gasteiger partial charge in [0.25, 0.3) is 5.91 Å². The van der Waals surface area contributed by atoms with Crippen LogP contribution in [0.5, 0.6) is 0 Å². The van der Waals surface area contributed by atoms with E-state index in [-0.39, 0.29) is 11.3 Å². The number of hydrogen-bond donors (Lipinski definition) is 2. The summed E-state index contributed by atoms with van der Waals surface area (Å²) in [5.41, 5.74) is 9.21. The lowest BCUT2D eigenvalue weighted by Crippen LogP contribution is -2.44. The summed E-state index contributed by atoms with van der Waals surface area (Å²) in [6.07, 6.45) is 3.60. The van der Waals surface area contributed by atoms with Crippen LogP contribution in [0, 0.1) is 5.41 Å². The number of aromatic nitrogens is 3. The number of fused-ring (bicyclic) bond motifs is 1. The van der Waals surface area contributed by atoms with Gasteiger partial charge in [-0.05, 0) is 37.1 Å². The molecule has 8 nitrogen and oxygen atoms in total. The van der Waals surface area contributed by atoms with Gasteiger partial charge in [-0.25, -0.2) is 4.98 Å². The highest BCUT2D eigenvalue weighted by molar-refractivity contribution is 5.95. The molecule has 160 valence electrons. The molecule has 31 heavy (non-hydrogen) atoms. The molecule has 2 fully saturated rings. The Balaban J connectivity index is 1.52. The van der Waals surface area contributed by atoms with Gasteiger partial charge in [0.1, 0.15) is 5.82 Å². The number of anilines is 2. The Bertz CT molecular complexity index is 1140. The van der Waals surface area contributed by atoms with Crippen LogP contribution < -0.4 is 16.0 Å². The minimum Gasteiger partial charge on any atom is -0.383 e. The maximum absolute atomic E-state index is 12.0. The molecule has 3 N–H and O–H groups in total. The summed E-state index contributed by atoms with van der Waals surface area (Å²) < 4.78 is 5.86. The van der Waals surface area contributed by atoms with Crippen molar-refractivity contribution in [3.8, 4) is 11.3 Å². The van der Waals surface area contributed by atoms with E-state index in [1.54, 1.807) is 13.1 Å². The van der Waals surface area contributed by atoms with Crippen molar-refractivity contribution in [2.75, 3.05) is 44.0 Å². The zero-order chi connectivity index (χ0) is 21.4. The fraction of sp³-hybridized carbons (Fsp3) is 0.391. The number of carbonyl (C=O) groups excluding carboxylic acids is 1. The van der Waals surface area contributed by atoms with Crippen LogP contribution in [0.15, 0.2) is 36.4 Å². The number of nitrogens with one attached hydrogen (secondary N) is 1. The lowest BCUT2D eigenvalue weighted by molar-refractivity contribution is 0.0187. The molecule has 8 heteroatoms. The first kappa shape index (κ1) is 19.7. The van der Waals surface area contributed by atoms with Gasteiger partial charge >= 0.3 is 0 Å². The SMILES string of the molecule is CNC(=O)c1cccc(-c2ccc3c(N)nc(N4CCOCC5(CCC5)C4)nc3n2)c1. The summed E-state index contributed by atoms with van der Waals surface area (Å²) in [7, 11) is 1.62. The van der Waals surface area contributed by atoms with E-state index in [0.717, 1.165) is 36.3 Å². The van der Waals surface area contributed by atoms with E-state index in [0.29, 0.717) is 29.6 Å². The maximum atomic E-state index is 12.0. The Labute approximate surface area is 180 Å². The van der Waals surface area contributed by atoms with Crippen LogP contribution in [0.3, 0.4) is 0 Å². The van der Waals surface area contributed by atoms with Crippen molar-refractivity contribution < 1.29 is 9.53 Å². The fourth-order valence-electron chi connectivity index (χ4n) is 4.43. The van der Waals surface area contributed by atoms with Gasteiger partial charge in [0.2, 0.25) is 5.95 Å². The van der Waals surface area contributed by atoms with Gasteiger partial charge < -0.3 is 20.7 Å². The van der Waals surface area contributed by atoms with Crippen molar-refractivity contribution >= 4 is 28.7 Å². The molecule has 0 bridgehead atoms. The molecule has 3 heterocycles. The molecule has 0 atom stereocenters. The number of nitrogens with two attached hydrogens (primary N) is 1. The van der Waals surface area contributed by atoms with Gasteiger partial charge in [0.05, 0.1) is 24.3 Å². The number of rotatable bonds is 3. The van der Waals surface area contributed by atoms with Crippen LogP contribution in [0.1, 0.15) is 29.6 Å². The first-order valence-corrected chi connectivity index (χ1v) is 10.7. The molecule has 1 saturated carbocycles. The minimum absolute atomic E-state index is 0.134. The first-order valence-electron chi connectivity index (χ1n) is 10.7. The molecule has 2 aromatic heterocycles. The molecule has 1 aliphatic heterocycles. The summed E-state index contributed by atoms with van der Waals surface area (Å²) >= 11 is 0. The van der Waals surface area contributed by atoms with E-state index in [9.17, 15) is 4.79 Å². The number of nitrogens with zero attached hydrogens (tertiary/aromatic N) is 4. The lowest BCUT2D eigenvalue weighted by Gasteiger charge is -2.42. The van der Waals surface area contributed by atoms with Crippen LogP contribution in [0.25, 0.3) is 22.3 Å². The van der Waals surface area contributed by atoms with Crippen molar-refractivity contribution in [2.45, 2.75) is 19.3 Å². The second-order valence-electron chi connectivity index (χ2n) is 8.46. The molecule has 1 amide bonds. The van der Waals surface area contributed by atoms with Crippen molar-refractivity contribution in [3.63, 3.8) is 0 Å². The Hall–Kier alpha value is -3.26. The molecule has 1 spiro atoms. The van der Waals surface area contributed by atoms with Crippen molar-refractivity contribution in [3.05, 3.63) is 42.0 Å². The summed E-state index contributed by atoms with van der Waals surface area (Å²) in [5.74, 6) is 0.890. The van der Waals surface area contributed by atoms with Crippen LogP contribution in [-0.2, 0) is 4.74 Å². The molecule has 1 aliphatic carbocycles. The highest BCUT2D eigenvalue weighted by Gasteiger charge is 2.40. The average Bonchev–Trinajstić information content (AvgIpc) is 3.02. The predicted octanol–water partition coefficient (Wildman–Crippen LogP) is 2.64. The van der Waals surface area contributed by atoms with Crippen LogP contribution in [0.2, 0.25) is 0 Å². The number of carbonyl (C=O) groups is 1. The topological polar surface area (TPSA) is 106 Å². The molecule has 5 rings (SSSR count). The lowest BCUT2D eigenvalue weighted by atomic mass is 9.69. The van der Waals surface area contributed by atoms with Gasteiger partial charge in [-0.2, -0.15) is 9.97 Å². The van der Waals surface area contributed by atoms with Crippen LogP contribution in [0.4, 0.5) is 11.8 Å². The van der Waals surface area contributed by atoms with E-state index in [1.807, 2.05) is 30.3 Å². The van der Waals surface area contributed by atoms with Gasteiger partial charge in [-0.15, -0.1) is 0 Å². The molecule has 0 unspecified atom stereocenters.